The van der Waals surface area contributed by atoms with Gasteiger partial charge in [0.2, 0.25) is 0 Å². The van der Waals surface area contributed by atoms with Crippen molar-refractivity contribution in [3.05, 3.63) is 0 Å². The van der Waals surface area contributed by atoms with Crippen molar-refractivity contribution < 1.29 is 8.85 Å². The van der Waals surface area contributed by atoms with Gasteiger partial charge in [-0.1, -0.05) is 38.3 Å². The molecule has 2 aliphatic rings. The molecule has 2 nitrogen and oxygen atoms in total. The van der Waals surface area contributed by atoms with Crippen molar-refractivity contribution in [2.45, 2.75) is 116 Å². The molecule has 0 saturated carbocycles. The minimum Gasteiger partial charge on any atom is -0.415 e. The summed E-state index contributed by atoms with van der Waals surface area (Å²) < 4.78 is 12.6. The molecule has 6 heteroatoms. The second-order valence-electron chi connectivity index (χ2n) is 11.5. The minimum absolute atomic E-state index is 0.165. The van der Waals surface area contributed by atoms with Gasteiger partial charge in [0.1, 0.15) is 0 Å². The largest absolute Gasteiger partial charge is 0.415 e. The van der Waals surface area contributed by atoms with Gasteiger partial charge in [-0.25, -0.2) is 0 Å². The average Bonchev–Trinajstić information content (AvgIpc) is 2.30. The fourth-order valence-corrected chi connectivity index (χ4v) is 18.4. The molecule has 2 saturated heterocycles. The maximum absolute atomic E-state index is 6.28. The third-order valence-corrected chi connectivity index (χ3v) is 40.3. The summed E-state index contributed by atoms with van der Waals surface area (Å²) >= 11 is 0. The van der Waals surface area contributed by atoms with Crippen LogP contribution in [0.15, 0.2) is 0 Å². The summed E-state index contributed by atoms with van der Waals surface area (Å²) in [5.74, 6) is 0. The Hall–Kier alpha value is 0.788. The van der Waals surface area contributed by atoms with Crippen LogP contribution in [0.2, 0.25) is 64.5 Å². The Bertz CT molecular complexity index is 412. The van der Waals surface area contributed by atoms with Gasteiger partial charge in [-0.15, -0.1) is 0 Å². The first-order valence-corrected chi connectivity index (χ1v) is 24.0. The van der Waals surface area contributed by atoms with Crippen molar-refractivity contribution >= 4 is 30.9 Å². The first-order chi connectivity index (χ1) is 10.3. The normalized spacial score (nSPS) is 31.5. The third-order valence-electron chi connectivity index (χ3n) is 7.03. The molecule has 0 unspecified atom stereocenters. The lowest BCUT2D eigenvalue weighted by Crippen LogP contribution is -2.63. The van der Waals surface area contributed by atoms with Crippen molar-refractivity contribution in [2.75, 3.05) is 0 Å². The third kappa shape index (κ3) is 5.39. The highest BCUT2D eigenvalue weighted by Crippen LogP contribution is 2.39. The summed E-state index contributed by atoms with van der Waals surface area (Å²) in [5.41, 5.74) is 0.330. The molecule has 144 valence electrons. The lowest BCUT2D eigenvalue weighted by atomic mass is 10.1. The molecule has 0 atom stereocenters. The molecule has 2 heterocycles. The molecule has 2 fully saturated rings. The van der Waals surface area contributed by atoms with Gasteiger partial charge in [0.25, 0.3) is 0 Å². The molecule has 0 aromatic rings. The average molecular weight is 405 g/mol. The van der Waals surface area contributed by atoms with E-state index in [1.165, 1.54) is 24.9 Å². The fraction of sp³-hybridized carbons (Fsp3) is 1.00. The van der Waals surface area contributed by atoms with Crippen LogP contribution in [0.4, 0.5) is 0 Å². The van der Waals surface area contributed by atoms with Crippen LogP contribution in [0.25, 0.3) is 0 Å². The molecule has 0 N–H and O–H groups in total. The van der Waals surface area contributed by atoms with E-state index in [-0.39, 0.29) is 11.2 Å². The highest BCUT2D eigenvalue weighted by atomic mass is 29.3. The van der Waals surface area contributed by atoms with Gasteiger partial charge in [-0.2, -0.15) is 0 Å². The smallest absolute Gasteiger partial charge is 0.174 e. The maximum Gasteiger partial charge on any atom is 0.174 e. The molecule has 24 heavy (non-hydrogen) atoms. The van der Waals surface area contributed by atoms with Crippen LogP contribution in [0, 0.1) is 0 Å². The summed E-state index contributed by atoms with van der Waals surface area (Å²) in [7, 11) is -4.61. The van der Waals surface area contributed by atoms with E-state index in [1.807, 2.05) is 0 Å². The van der Waals surface area contributed by atoms with Crippen LogP contribution in [-0.2, 0) is 8.85 Å². The van der Waals surface area contributed by atoms with Crippen LogP contribution >= 0.6 is 0 Å². The van der Waals surface area contributed by atoms with Gasteiger partial charge < -0.3 is 8.85 Å². The number of rotatable bonds is 0. The van der Waals surface area contributed by atoms with Gasteiger partial charge in [-0.3, -0.25) is 0 Å². The summed E-state index contributed by atoms with van der Waals surface area (Å²) in [6, 6.07) is 2.92. The highest BCUT2D eigenvalue weighted by molar-refractivity contribution is 7.38. The van der Waals surface area contributed by atoms with Gasteiger partial charge in [0.05, 0.1) is 26.4 Å². The van der Waals surface area contributed by atoms with Crippen molar-refractivity contribution in [3.63, 3.8) is 0 Å². The van der Waals surface area contributed by atoms with Gasteiger partial charge in [0.15, 0.2) is 15.7 Å². The van der Waals surface area contributed by atoms with Gasteiger partial charge in [0, 0.05) is 0 Å². The monoisotopic (exact) mass is 404 g/mol. The van der Waals surface area contributed by atoms with Crippen LogP contribution in [-0.4, -0.2) is 42.1 Å². The molecule has 0 radical (unpaired) electrons. The summed E-state index contributed by atoms with van der Waals surface area (Å²) in [4.78, 5) is 0. The van der Waals surface area contributed by atoms with Crippen molar-refractivity contribution in [1.82, 2.24) is 0 Å². The zero-order valence-corrected chi connectivity index (χ0v) is 22.6. The van der Waals surface area contributed by atoms with Crippen molar-refractivity contribution in [3.8, 4) is 0 Å². The fourth-order valence-electron chi connectivity index (χ4n) is 3.59. The minimum atomic E-state index is -1.31. The Balaban J connectivity index is 0.000000240. The summed E-state index contributed by atoms with van der Waals surface area (Å²) in [6.45, 7) is 28.6. The Kier molecular flexibility index (Phi) is 6.42. The highest BCUT2D eigenvalue weighted by Gasteiger charge is 2.50. The number of hydrogen-bond donors (Lipinski definition) is 0. The molecule has 0 spiro atoms. The first kappa shape index (κ1) is 22.8. The second kappa shape index (κ2) is 6.75. The van der Waals surface area contributed by atoms with E-state index in [0.717, 1.165) is 0 Å². The Morgan fingerprint density at radius 2 is 0.792 bits per heavy atom. The SMILES string of the molecule is CC1(C)CC[Si](C)(C)[Si](C)(C)O1.CC1(C)CC[Si](C)(C)[Si](C)(C)O1. The predicted octanol–water partition coefficient (Wildman–Crippen LogP) is 6.35. The van der Waals surface area contributed by atoms with E-state index in [0.29, 0.717) is 0 Å². The van der Waals surface area contributed by atoms with Crippen LogP contribution in [0.3, 0.4) is 0 Å². The van der Waals surface area contributed by atoms with E-state index in [2.05, 4.69) is 80.1 Å². The summed E-state index contributed by atoms with van der Waals surface area (Å²) in [6.07, 6.45) is 2.53. The van der Waals surface area contributed by atoms with Crippen LogP contribution in [0.1, 0.15) is 40.5 Å². The van der Waals surface area contributed by atoms with E-state index in [1.54, 1.807) is 0 Å². The van der Waals surface area contributed by atoms with Crippen LogP contribution in [0.5, 0.6) is 0 Å². The Labute approximate surface area is 156 Å². The maximum atomic E-state index is 6.28. The zero-order chi connectivity index (χ0) is 19.2. The van der Waals surface area contributed by atoms with E-state index in [4.69, 9.17) is 8.85 Å². The van der Waals surface area contributed by atoms with Crippen LogP contribution < -0.4 is 0 Å². The molecular weight excluding hydrogens is 361 g/mol. The standard InChI is InChI=1S/2C9H22OSi2/c2*1-9(2)7-8-11(3,4)12(5,6)10-9/h2*7-8H2,1-6H3. The molecule has 0 bridgehead atoms. The lowest BCUT2D eigenvalue weighted by molar-refractivity contribution is 0.0928. The van der Waals surface area contributed by atoms with Gasteiger partial charge in [-0.05, 0) is 66.7 Å². The van der Waals surface area contributed by atoms with E-state index < -0.39 is 30.9 Å². The molecule has 0 amide bonds. The molecule has 0 aliphatic carbocycles. The van der Waals surface area contributed by atoms with E-state index in [9.17, 15) is 0 Å². The molecular formula is C18H44O2Si4. The zero-order valence-electron chi connectivity index (χ0n) is 18.6. The molecule has 2 aliphatic heterocycles. The first-order valence-electron chi connectivity index (χ1n) is 9.73. The number of hydrogen-bond acceptors (Lipinski definition) is 2. The topological polar surface area (TPSA) is 18.5 Å². The molecule has 0 aromatic carbocycles. The van der Waals surface area contributed by atoms with Crippen molar-refractivity contribution in [2.24, 2.45) is 0 Å². The lowest BCUT2D eigenvalue weighted by Gasteiger charge is -2.49. The molecule has 0 aromatic heterocycles. The van der Waals surface area contributed by atoms with Gasteiger partial charge >= 0.3 is 0 Å². The van der Waals surface area contributed by atoms with E-state index >= 15 is 0 Å². The molecule has 2 rings (SSSR count). The van der Waals surface area contributed by atoms with Crippen molar-refractivity contribution in [1.29, 1.82) is 0 Å². The summed E-state index contributed by atoms with van der Waals surface area (Å²) in [5, 5.41) is 0. The predicted molar refractivity (Wildman–Crippen MR) is 119 cm³/mol. The Morgan fingerprint density at radius 3 is 0.958 bits per heavy atom. The Morgan fingerprint density at radius 1 is 0.542 bits per heavy atom. The quantitative estimate of drug-likeness (QED) is 0.438. The second-order valence-corrected chi connectivity index (χ2v) is 41.8.